The molecule has 124 valence electrons. The number of tetrazole rings is 1. The van der Waals surface area contributed by atoms with Crippen LogP contribution in [0, 0.1) is 5.82 Å². The fourth-order valence-electron chi connectivity index (χ4n) is 2.10. The number of sulfone groups is 1. The molecule has 3 rings (SSSR count). The van der Waals surface area contributed by atoms with Crippen LogP contribution < -0.4 is 0 Å². The van der Waals surface area contributed by atoms with Gasteiger partial charge in [-0.1, -0.05) is 17.7 Å². The van der Waals surface area contributed by atoms with Gasteiger partial charge < -0.3 is 0 Å². The maximum absolute atomic E-state index is 13.8. The number of aromatic nitrogens is 4. The van der Waals surface area contributed by atoms with Crippen LogP contribution in [0.15, 0.2) is 47.4 Å². The number of rotatable bonds is 4. The highest BCUT2D eigenvalue weighted by Gasteiger charge is 2.12. The molecule has 0 saturated carbocycles. The van der Waals surface area contributed by atoms with Crippen LogP contribution in [0.1, 0.15) is 5.56 Å². The molecular weight excluding hydrogens is 355 g/mol. The lowest BCUT2D eigenvalue weighted by Crippen LogP contribution is -2.06. The average Bonchev–Trinajstić information content (AvgIpc) is 2.99. The Morgan fingerprint density at radius 3 is 2.50 bits per heavy atom. The topological polar surface area (TPSA) is 77.7 Å². The van der Waals surface area contributed by atoms with Crippen molar-refractivity contribution in [2.45, 2.75) is 11.4 Å². The number of nitrogens with zero attached hydrogens (tertiary/aromatic N) is 4. The smallest absolute Gasteiger partial charge is 0.204 e. The number of hydrogen-bond donors (Lipinski definition) is 0. The summed E-state index contributed by atoms with van der Waals surface area (Å²) >= 11 is 5.98. The Morgan fingerprint density at radius 1 is 1.17 bits per heavy atom. The van der Waals surface area contributed by atoms with Crippen molar-refractivity contribution in [3.63, 3.8) is 0 Å². The van der Waals surface area contributed by atoms with Crippen LogP contribution in [-0.2, 0) is 16.4 Å². The molecule has 9 heteroatoms. The highest BCUT2D eigenvalue weighted by molar-refractivity contribution is 7.90. The van der Waals surface area contributed by atoms with E-state index in [-0.39, 0.29) is 22.0 Å². The number of halogens is 2. The third kappa shape index (κ3) is 3.44. The van der Waals surface area contributed by atoms with E-state index in [9.17, 15) is 12.8 Å². The largest absolute Gasteiger partial charge is 0.224 e. The molecule has 0 amide bonds. The third-order valence-electron chi connectivity index (χ3n) is 3.35. The van der Waals surface area contributed by atoms with Gasteiger partial charge in [-0.25, -0.2) is 12.8 Å². The minimum absolute atomic E-state index is 0.0416. The van der Waals surface area contributed by atoms with E-state index >= 15 is 0 Å². The van der Waals surface area contributed by atoms with Crippen LogP contribution in [-0.4, -0.2) is 34.9 Å². The molecule has 0 N–H and O–H groups in total. The van der Waals surface area contributed by atoms with Crippen molar-refractivity contribution in [2.24, 2.45) is 0 Å². The van der Waals surface area contributed by atoms with E-state index in [0.29, 0.717) is 11.4 Å². The van der Waals surface area contributed by atoms with Crippen LogP contribution in [0.5, 0.6) is 0 Å². The molecule has 0 fully saturated rings. The summed E-state index contributed by atoms with van der Waals surface area (Å²) in [5.41, 5.74) is 0.879. The molecule has 0 saturated heterocycles. The third-order valence-corrected chi connectivity index (χ3v) is 4.84. The van der Waals surface area contributed by atoms with Gasteiger partial charge in [-0.15, -0.1) is 10.2 Å². The van der Waals surface area contributed by atoms with E-state index in [1.165, 1.54) is 29.1 Å². The fraction of sp³-hybridized carbons (Fsp3) is 0.133. The second kappa shape index (κ2) is 6.29. The molecule has 24 heavy (non-hydrogen) atoms. The van der Waals surface area contributed by atoms with Crippen LogP contribution in [0.3, 0.4) is 0 Å². The van der Waals surface area contributed by atoms with Crippen LogP contribution in [0.25, 0.3) is 11.4 Å². The van der Waals surface area contributed by atoms with Crippen LogP contribution in [0.2, 0.25) is 5.02 Å². The molecule has 0 aliphatic rings. The average molecular weight is 367 g/mol. The SMILES string of the molecule is CS(=O)(=O)c1ccc(-c2nnn(Cc3c(F)cccc3Cl)n2)cc1. The van der Waals surface area contributed by atoms with Gasteiger partial charge in [0.15, 0.2) is 9.84 Å². The molecule has 0 atom stereocenters. The Balaban J connectivity index is 1.86. The van der Waals surface area contributed by atoms with Crippen molar-refractivity contribution in [1.29, 1.82) is 0 Å². The second-order valence-corrected chi connectivity index (χ2v) is 7.56. The lowest BCUT2D eigenvalue weighted by atomic mass is 10.2. The quantitative estimate of drug-likeness (QED) is 0.709. The minimum atomic E-state index is -3.26. The predicted molar refractivity (Wildman–Crippen MR) is 86.9 cm³/mol. The molecular formula is C15H12ClFN4O2S. The maximum Gasteiger partial charge on any atom is 0.204 e. The van der Waals surface area contributed by atoms with Gasteiger partial charge in [0.25, 0.3) is 0 Å². The molecule has 0 bridgehead atoms. The Bertz CT molecular complexity index is 967. The van der Waals surface area contributed by atoms with E-state index in [4.69, 9.17) is 11.6 Å². The lowest BCUT2D eigenvalue weighted by Gasteiger charge is -2.03. The van der Waals surface area contributed by atoms with Crippen molar-refractivity contribution in [1.82, 2.24) is 20.2 Å². The first-order valence-corrected chi connectivity index (χ1v) is 9.13. The molecule has 1 aromatic heterocycles. The number of hydrogen-bond acceptors (Lipinski definition) is 5. The first-order valence-electron chi connectivity index (χ1n) is 6.86. The molecule has 1 heterocycles. The van der Waals surface area contributed by atoms with Crippen molar-refractivity contribution in [3.05, 3.63) is 58.9 Å². The standard InChI is InChI=1S/C15H12ClFN4O2S/c1-24(22,23)11-7-5-10(6-8-11)15-18-20-21(19-15)9-12-13(16)3-2-4-14(12)17/h2-8H,9H2,1H3. The fourth-order valence-corrected chi connectivity index (χ4v) is 2.96. The zero-order chi connectivity index (χ0) is 17.3. The van der Waals surface area contributed by atoms with Gasteiger partial charge in [-0.2, -0.15) is 4.80 Å². The summed E-state index contributed by atoms with van der Waals surface area (Å²) in [5, 5.41) is 12.2. The monoisotopic (exact) mass is 366 g/mol. The molecule has 3 aromatic rings. The number of benzene rings is 2. The minimum Gasteiger partial charge on any atom is -0.224 e. The summed E-state index contributed by atoms with van der Waals surface area (Å²) in [6, 6.07) is 10.5. The highest BCUT2D eigenvalue weighted by Crippen LogP contribution is 2.21. The Kier molecular flexibility index (Phi) is 4.33. The molecule has 0 aliphatic heterocycles. The van der Waals surface area contributed by atoms with E-state index in [1.807, 2.05) is 0 Å². The van der Waals surface area contributed by atoms with Crippen molar-refractivity contribution < 1.29 is 12.8 Å². The van der Waals surface area contributed by atoms with E-state index in [1.54, 1.807) is 18.2 Å². The summed E-state index contributed by atoms with van der Waals surface area (Å²) < 4.78 is 36.7. The second-order valence-electron chi connectivity index (χ2n) is 5.14. The normalized spacial score (nSPS) is 11.6. The van der Waals surface area contributed by atoms with Crippen molar-refractivity contribution in [2.75, 3.05) is 6.26 Å². The summed E-state index contributed by atoms with van der Waals surface area (Å²) in [6.07, 6.45) is 1.13. The summed E-state index contributed by atoms with van der Waals surface area (Å²) in [6.45, 7) is 0.0416. The van der Waals surface area contributed by atoms with E-state index in [2.05, 4.69) is 15.4 Å². The molecule has 0 unspecified atom stereocenters. The van der Waals surface area contributed by atoms with Crippen LogP contribution >= 0.6 is 11.6 Å². The lowest BCUT2D eigenvalue weighted by molar-refractivity contribution is 0.539. The maximum atomic E-state index is 13.8. The molecule has 0 radical (unpaired) electrons. The van der Waals surface area contributed by atoms with Gasteiger partial charge >= 0.3 is 0 Å². The van der Waals surface area contributed by atoms with Gasteiger partial charge in [0.1, 0.15) is 5.82 Å². The van der Waals surface area contributed by atoms with Crippen LogP contribution in [0.4, 0.5) is 4.39 Å². The highest BCUT2D eigenvalue weighted by atomic mass is 35.5. The molecule has 6 nitrogen and oxygen atoms in total. The predicted octanol–water partition coefficient (Wildman–Crippen LogP) is 2.58. The van der Waals surface area contributed by atoms with Gasteiger partial charge in [0.2, 0.25) is 5.82 Å². The van der Waals surface area contributed by atoms with E-state index in [0.717, 1.165) is 6.26 Å². The first kappa shape index (κ1) is 16.5. The summed E-state index contributed by atoms with van der Waals surface area (Å²) in [7, 11) is -3.26. The van der Waals surface area contributed by atoms with Gasteiger partial charge in [0.05, 0.1) is 11.4 Å². The summed E-state index contributed by atoms with van der Waals surface area (Å²) in [5.74, 6) is -0.138. The van der Waals surface area contributed by atoms with E-state index < -0.39 is 15.7 Å². The van der Waals surface area contributed by atoms with Gasteiger partial charge in [-0.3, -0.25) is 0 Å². The molecule has 0 spiro atoms. The van der Waals surface area contributed by atoms with Gasteiger partial charge in [0, 0.05) is 22.4 Å². The Morgan fingerprint density at radius 2 is 1.88 bits per heavy atom. The zero-order valence-corrected chi connectivity index (χ0v) is 14.1. The molecule has 0 aliphatic carbocycles. The Hall–Kier alpha value is -2.32. The Labute approximate surface area is 142 Å². The molecule has 2 aromatic carbocycles. The zero-order valence-electron chi connectivity index (χ0n) is 12.5. The first-order chi connectivity index (χ1) is 11.3. The summed E-state index contributed by atoms with van der Waals surface area (Å²) in [4.78, 5) is 1.43. The van der Waals surface area contributed by atoms with Crippen molar-refractivity contribution in [3.8, 4) is 11.4 Å². The van der Waals surface area contributed by atoms with Gasteiger partial charge in [-0.05, 0) is 41.6 Å². The van der Waals surface area contributed by atoms with Crippen molar-refractivity contribution >= 4 is 21.4 Å².